The van der Waals surface area contributed by atoms with E-state index in [0.717, 1.165) is 12.8 Å². The minimum Gasteiger partial charge on any atom is -0.493 e. The van der Waals surface area contributed by atoms with Crippen LogP contribution in [-0.4, -0.2) is 87.3 Å². The molecule has 1 aromatic carbocycles. The Morgan fingerprint density at radius 3 is 2.60 bits per heavy atom. The lowest BCUT2D eigenvalue weighted by Gasteiger charge is -2.60. The Morgan fingerprint density at radius 2 is 1.93 bits per heavy atom. The molecule has 3 N–H and O–H groups in total. The summed E-state index contributed by atoms with van der Waals surface area (Å²) in [4.78, 5) is 27.5. The Balaban J connectivity index is 1.58. The Morgan fingerprint density at radius 1 is 1.20 bits per heavy atom. The highest BCUT2D eigenvalue weighted by atomic mass is 16.7. The lowest BCUT2D eigenvalue weighted by atomic mass is 9.53. The fraction of sp³-hybridized carbons (Fsp3) is 0.543. The normalized spacial score (nSPS) is 43.2. The second kappa shape index (κ2) is 11.3. The largest absolute Gasteiger partial charge is 0.493 e. The molecule has 242 valence electrons. The molecule has 10 nitrogen and oxygen atoms in total. The average molecular weight is 623 g/mol. The van der Waals surface area contributed by atoms with Crippen molar-refractivity contribution in [1.29, 1.82) is 0 Å². The van der Waals surface area contributed by atoms with Crippen molar-refractivity contribution in [2.45, 2.75) is 87.4 Å². The van der Waals surface area contributed by atoms with Crippen molar-refractivity contribution >= 4 is 11.8 Å². The van der Waals surface area contributed by atoms with E-state index in [1.165, 1.54) is 6.26 Å². The third kappa shape index (κ3) is 4.23. The van der Waals surface area contributed by atoms with Gasteiger partial charge in [-0.15, -0.1) is 0 Å². The fourth-order valence-corrected chi connectivity index (χ4v) is 8.48. The molecule has 0 aromatic heterocycles. The Kier molecular flexibility index (Phi) is 7.99. The number of epoxide rings is 1. The number of carbonyl (C=O) groups is 2. The summed E-state index contributed by atoms with van der Waals surface area (Å²) in [7, 11) is 0. The lowest BCUT2D eigenvalue weighted by Crippen LogP contribution is -2.75. The van der Waals surface area contributed by atoms with Gasteiger partial charge in [-0.25, -0.2) is 4.79 Å². The second-order valence-corrected chi connectivity index (χ2v) is 13.0. The number of allylic oxidation sites excluding steroid dienone is 3. The number of carbonyl (C=O) groups excluding carboxylic acids is 2. The molecule has 4 fully saturated rings. The summed E-state index contributed by atoms with van der Waals surface area (Å²) in [6.45, 7) is 10.6. The van der Waals surface area contributed by atoms with Crippen LogP contribution in [0.4, 0.5) is 0 Å². The van der Waals surface area contributed by atoms with Gasteiger partial charge in [-0.1, -0.05) is 63.3 Å². The number of rotatable bonds is 9. The van der Waals surface area contributed by atoms with Crippen molar-refractivity contribution in [3.05, 3.63) is 84.2 Å². The molecule has 0 bridgehead atoms. The predicted octanol–water partition coefficient (Wildman–Crippen LogP) is 3.17. The number of aliphatic hydroxyl groups excluding tert-OH is 2. The first-order valence-electron chi connectivity index (χ1n) is 15.6. The molecule has 2 heterocycles. The number of fused-ring (bicyclic) bond motifs is 7. The molecule has 0 amide bonds. The number of Topliss-reactive ketones (excluding diaryl/α,β-unsaturated/α-hetero) is 1. The highest BCUT2D eigenvalue weighted by Crippen LogP contribution is 2.68. The zero-order valence-corrected chi connectivity index (χ0v) is 26.0. The SMILES string of the molecule is C=C(C)C12OCOC1C1C3OC3(CO)C(O)C3(O)C(=O)C(C)=CC3C1(O/C=C/C=C/CCC)C(C)C2OC(=O)c1ccccc1. The highest BCUT2D eigenvalue weighted by Gasteiger charge is 2.86. The number of ketones is 1. The number of esters is 1. The quantitative estimate of drug-likeness (QED) is 0.124. The zero-order chi connectivity index (χ0) is 32.4. The second-order valence-electron chi connectivity index (χ2n) is 13.0. The molecular weight excluding hydrogens is 580 g/mol. The van der Waals surface area contributed by atoms with E-state index in [2.05, 4.69) is 13.5 Å². The molecule has 5 aliphatic rings. The van der Waals surface area contributed by atoms with Crippen LogP contribution in [0.3, 0.4) is 0 Å². The molecule has 0 spiro atoms. The van der Waals surface area contributed by atoms with Gasteiger partial charge in [-0.3, -0.25) is 4.79 Å². The molecular formula is C35H42O10. The molecule has 0 radical (unpaired) electrons. The monoisotopic (exact) mass is 622 g/mol. The summed E-state index contributed by atoms with van der Waals surface area (Å²) in [5.41, 5.74) is -5.98. The van der Waals surface area contributed by atoms with Crippen molar-refractivity contribution in [2.24, 2.45) is 17.8 Å². The smallest absolute Gasteiger partial charge is 0.338 e. The molecule has 2 saturated carbocycles. The molecule has 45 heavy (non-hydrogen) atoms. The van der Waals surface area contributed by atoms with Crippen molar-refractivity contribution in [3.8, 4) is 0 Å². The molecule has 11 unspecified atom stereocenters. The van der Waals surface area contributed by atoms with E-state index in [-0.39, 0.29) is 12.4 Å². The molecule has 2 saturated heterocycles. The van der Waals surface area contributed by atoms with Gasteiger partial charge in [0.05, 0.1) is 30.3 Å². The summed E-state index contributed by atoms with van der Waals surface area (Å²) in [6, 6.07) is 8.54. The standard InChI is InChI=1S/C35H42O10/c1-6-7-8-9-13-16-42-35-22(5)27(44-30(38)23-14-11-10-12-15-23)34(20(2)3)29(41-19-43-34)25(35)28-32(18-36,45-28)31(39)33(40)24(35)17-21(4)26(33)37/h8-17,22,24-25,27-29,31,36,39-40H,2,6-7,18-19H2,1,3-5H3/b9-8+,16-13+. The van der Waals surface area contributed by atoms with E-state index >= 15 is 0 Å². The van der Waals surface area contributed by atoms with Crippen LogP contribution in [0.5, 0.6) is 0 Å². The first-order chi connectivity index (χ1) is 21.5. The number of unbranched alkanes of at least 4 members (excludes halogenated alkanes) is 1. The maximum absolute atomic E-state index is 13.8. The van der Waals surface area contributed by atoms with E-state index in [0.29, 0.717) is 11.1 Å². The third-order valence-corrected chi connectivity index (χ3v) is 10.7. The zero-order valence-electron chi connectivity index (χ0n) is 26.0. The summed E-state index contributed by atoms with van der Waals surface area (Å²) < 4.78 is 32.0. The molecule has 10 heteroatoms. The van der Waals surface area contributed by atoms with Crippen molar-refractivity contribution in [2.75, 3.05) is 13.4 Å². The Bertz CT molecular complexity index is 1450. The van der Waals surface area contributed by atoms with E-state index in [4.69, 9.17) is 23.7 Å². The van der Waals surface area contributed by atoms with Crippen molar-refractivity contribution in [3.63, 3.8) is 0 Å². The van der Waals surface area contributed by atoms with Gasteiger partial charge in [0.2, 0.25) is 0 Å². The highest BCUT2D eigenvalue weighted by molar-refractivity contribution is 6.05. The first-order valence-corrected chi connectivity index (χ1v) is 15.6. The summed E-state index contributed by atoms with van der Waals surface area (Å²) in [5, 5.41) is 34.9. The van der Waals surface area contributed by atoms with E-state index in [1.807, 2.05) is 19.1 Å². The molecule has 3 aliphatic carbocycles. The van der Waals surface area contributed by atoms with Crippen LogP contribution in [0.15, 0.2) is 78.6 Å². The lowest BCUT2D eigenvalue weighted by molar-refractivity contribution is -0.258. The van der Waals surface area contributed by atoms with E-state index < -0.39 is 82.9 Å². The van der Waals surface area contributed by atoms with E-state index in [9.17, 15) is 24.9 Å². The van der Waals surface area contributed by atoms with Crippen molar-refractivity contribution in [1.82, 2.24) is 0 Å². The maximum atomic E-state index is 13.8. The van der Waals surface area contributed by atoms with Gasteiger partial charge in [0.1, 0.15) is 42.4 Å². The van der Waals surface area contributed by atoms with Crippen LogP contribution < -0.4 is 0 Å². The topological polar surface area (TPSA) is 144 Å². The van der Waals surface area contributed by atoms with Gasteiger partial charge >= 0.3 is 5.97 Å². The van der Waals surface area contributed by atoms with Gasteiger partial charge in [0.15, 0.2) is 17.0 Å². The van der Waals surface area contributed by atoms with Gasteiger partial charge in [-0.2, -0.15) is 0 Å². The van der Waals surface area contributed by atoms with Crippen LogP contribution in [-0.2, 0) is 28.5 Å². The number of ether oxygens (including phenoxy) is 5. The van der Waals surface area contributed by atoms with Crippen LogP contribution in [0.25, 0.3) is 0 Å². The van der Waals surface area contributed by atoms with Gasteiger partial charge in [0.25, 0.3) is 0 Å². The van der Waals surface area contributed by atoms with Crippen LogP contribution >= 0.6 is 0 Å². The summed E-state index contributed by atoms with van der Waals surface area (Å²) in [6.07, 6.45) is 5.74. The number of hydrogen-bond acceptors (Lipinski definition) is 10. The van der Waals surface area contributed by atoms with Crippen molar-refractivity contribution < 1.29 is 48.6 Å². The molecule has 1 aromatic rings. The molecule has 2 aliphatic heterocycles. The number of benzene rings is 1. The number of hydrogen-bond donors (Lipinski definition) is 3. The molecule has 6 rings (SSSR count). The summed E-state index contributed by atoms with van der Waals surface area (Å²) in [5.74, 6) is -4.10. The fourth-order valence-electron chi connectivity index (χ4n) is 8.48. The van der Waals surface area contributed by atoms with Crippen LogP contribution in [0.1, 0.15) is 50.9 Å². The van der Waals surface area contributed by atoms with Crippen LogP contribution in [0, 0.1) is 17.8 Å². The minimum absolute atomic E-state index is 0.171. The first kappa shape index (κ1) is 31.8. The third-order valence-electron chi connectivity index (χ3n) is 10.7. The predicted molar refractivity (Wildman–Crippen MR) is 162 cm³/mol. The average Bonchev–Trinajstić information content (AvgIpc) is 3.53. The molecule has 11 atom stereocenters. The Labute approximate surface area is 263 Å². The van der Waals surface area contributed by atoms with Gasteiger partial charge in [0, 0.05) is 5.92 Å². The van der Waals surface area contributed by atoms with E-state index in [1.54, 1.807) is 56.3 Å². The van der Waals surface area contributed by atoms with Gasteiger partial charge in [-0.05, 0) is 49.6 Å². The van der Waals surface area contributed by atoms with Gasteiger partial charge < -0.3 is 39.0 Å². The Hall–Kier alpha value is -3.12. The van der Waals surface area contributed by atoms with Crippen LogP contribution in [0.2, 0.25) is 0 Å². The minimum atomic E-state index is -2.42. The summed E-state index contributed by atoms with van der Waals surface area (Å²) >= 11 is 0. The maximum Gasteiger partial charge on any atom is 0.338 e. The number of aliphatic hydroxyl groups is 3.